The molecule has 0 radical (unpaired) electrons. The quantitative estimate of drug-likeness (QED) is 0.507. The monoisotopic (exact) mass is 453 g/mol. The van der Waals surface area contributed by atoms with E-state index in [4.69, 9.17) is 4.74 Å². The molecule has 1 fully saturated rings. The van der Waals surface area contributed by atoms with Gasteiger partial charge in [0.1, 0.15) is 0 Å². The molecule has 2 heterocycles. The van der Waals surface area contributed by atoms with Gasteiger partial charge in [0.05, 0.1) is 30.0 Å². The SMILES string of the molecule is Cc1nc(CSc2ccc(C(=O)NCC(c3ccccc3)N3CCOCC3)cc2)cs1. The molecule has 1 saturated heterocycles. The number of rotatable bonds is 8. The minimum absolute atomic E-state index is 0.0409. The van der Waals surface area contributed by atoms with Crippen LogP contribution in [-0.4, -0.2) is 48.6 Å². The molecule has 0 spiro atoms. The van der Waals surface area contributed by atoms with Crippen LogP contribution in [0.25, 0.3) is 0 Å². The van der Waals surface area contributed by atoms with E-state index in [0.717, 1.165) is 47.7 Å². The normalized spacial score (nSPS) is 15.5. The Morgan fingerprint density at radius 3 is 2.58 bits per heavy atom. The summed E-state index contributed by atoms with van der Waals surface area (Å²) < 4.78 is 5.51. The van der Waals surface area contributed by atoms with Gasteiger partial charge in [0.2, 0.25) is 0 Å². The van der Waals surface area contributed by atoms with Gasteiger partial charge in [-0.2, -0.15) is 0 Å². The molecule has 5 nitrogen and oxygen atoms in total. The molecule has 4 rings (SSSR count). The molecule has 1 atom stereocenters. The number of benzene rings is 2. The van der Waals surface area contributed by atoms with Gasteiger partial charge in [0, 0.05) is 41.2 Å². The average molecular weight is 454 g/mol. The van der Waals surface area contributed by atoms with Gasteiger partial charge >= 0.3 is 0 Å². The van der Waals surface area contributed by atoms with E-state index in [9.17, 15) is 4.79 Å². The summed E-state index contributed by atoms with van der Waals surface area (Å²) in [6.45, 7) is 5.81. The highest BCUT2D eigenvalue weighted by Crippen LogP contribution is 2.24. The number of hydrogen-bond acceptors (Lipinski definition) is 6. The van der Waals surface area contributed by atoms with Crippen LogP contribution in [0.1, 0.15) is 32.7 Å². The topological polar surface area (TPSA) is 54.5 Å². The van der Waals surface area contributed by atoms with Crippen LogP contribution in [0, 0.1) is 6.92 Å². The minimum atomic E-state index is -0.0409. The highest BCUT2D eigenvalue weighted by Gasteiger charge is 2.23. The minimum Gasteiger partial charge on any atom is -0.379 e. The van der Waals surface area contributed by atoms with Crippen molar-refractivity contribution in [3.63, 3.8) is 0 Å². The number of hydrogen-bond donors (Lipinski definition) is 1. The first-order valence-corrected chi connectivity index (χ1v) is 12.3. The van der Waals surface area contributed by atoms with Crippen molar-refractivity contribution in [3.05, 3.63) is 81.8 Å². The van der Waals surface area contributed by atoms with E-state index in [1.54, 1.807) is 23.1 Å². The van der Waals surface area contributed by atoms with Crippen molar-refractivity contribution in [1.29, 1.82) is 0 Å². The summed E-state index contributed by atoms with van der Waals surface area (Å²) in [6.07, 6.45) is 0. The summed E-state index contributed by atoms with van der Waals surface area (Å²) >= 11 is 3.41. The number of nitrogens with one attached hydrogen (secondary N) is 1. The molecule has 2 aromatic carbocycles. The van der Waals surface area contributed by atoms with Crippen molar-refractivity contribution in [1.82, 2.24) is 15.2 Å². The van der Waals surface area contributed by atoms with E-state index >= 15 is 0 Å². The summed E-state index contributed by atoms with van der Waals surface area (Å²) in [5, 5.41) is 6.33. The standard InChI is InChI=1S/C24H27N3O2S2/c1-18-26-21(16-30-18)17-31-22-9-7-20(8-10-22)24(28)25-15-23(19-5-3-2-4-6-19)27-11-13-29-14-12-27/h2-10,16,23H,11-15,17H2,1H3,(H,25,28). The number of carbonyl (C=O) groups is 1. The van der Waals surface area contributed by atoms with Gasteiger partial charge in [0.15, 0.2) is 0 Å². The number of amides is 1. The first kappa shape index (κ1) is 22.0. The predicted octanol–water partition coefficient (Wildman–Crippen LogP) is 4.55. The van der Waals surface area contributed by atoms with Crippen molar-refractivity contribution in [3.8, 4) is 0 Å². The van der Waals surface area contributed by atoms with Gasteiger partial charge in [-0.25, -0.2) is 4.98 Å². The van der Waals surface area contributed by atoms with Crippen LogP contribution in [0.2, 0.25) is 0 Å². The van der Waals surface area contributed by atoms with Crippen LogP contribution in [0.15, 0.2) is 64.9 Å². The van der Waals surface area contributed by atoms with Crippen LogP contribution in [-0.2, 0) is 10.5 Å². The van der Waals surface area contributed by atoms with Crippen molar-refractivity contribution in [2.24, 2.45) is 0 Å². The van der Waals surface area contributed by atoms with Crippen molar-refractivity contribution >= 4 is 29.0 Å². The number of carbonyl (C=O) groups excluding carboxylic acids is 1. The third-order valence-electron chi connectivity index (χ3n) is 5.30. The van der Waals surface area contributed by atoms with Gasteiger partial charge < -0.3 is 10.1 Å². The fourth-order valence-electron chi connectivity index (χ4n) is 3.65. The Balaban J connectivity index is 1.35. The highest BCUT2D eigenvalue weighted by molar-refractivity contribution is 7.98. The van der Waals surface area contributed by atoms with Crippen molar-refractivity contribution < 1.29 is 9.53 Å². The van der Waals surface area contributed by atoms with Gasteiger partial charge in [-0.05, 0) is 36.8 Å². The van der Waals surface area contributed by atoms with E-state index in [0.29, 0.717) is 12.1 Å². The molecule has 0 aliphatic carbocycles. The van der Waals surface area contributed by atoms with Crippen LogP contribution in [0.5, 0.6) is 0 Å². The second-order valence-electron chi connectivity index (χ2n) is 7.46. The largest absolute Gasteiger partial charge is 0.379 e. The molecule has 3 aromatic rings. The second kappa shape index (κ2) is 10.9. The maximum atomic E-state index is 12.8. The molecule has 7 heteroatoms. The van der Waals surface area contributed by atoms with Crippen LogP contribution in [0.4, 0.5) is 0 Å². The van der Waals surface area contributed by atoms with Gasteiger partial charge in [-0.15, -0.1) is 23.1 Å². The van der Waals surface area contributed by atoms with Crippen molar-refractivity contribution in [2.45, 2.75) is 23.6 Å². The van der Waals surface area contributed by atoms with E-state index in [2.05, 4.69) is 32.7 Å². The van der Waals surface area contributed by atoms with Crippen LogP contribution < -0.4 is 5.32 Å². The third-order valence-corrected chi connectivity index (χ3v) is 7.16. The molecule has 1 aromatic heterocycles. The lowest BCUT2D eigenvalue weighted by Gasteiger charge is -2.35. The summed E-state index contributed by atoms with van der Waals surface area (Å²) in [5.41, 5.74) is 3.00. The maximum absolute atomic E-state index is 12.8. The molecule has 162 valence electrons. The second-order valence-corrected chi connectivity index (χ2v) is 9.57. The molecule has 1 amide bonds. The number of nitrogens with zero attached hydrogens (tertiary/aromatic N) is 2. The Hall–Kier alpha value is -2.19. The molecular weight excluding hydrogens is 426 g/mol. The first-order chi connectivity index (χ1) is 15.2. The molecule has 0 saturated carbocycles. The zero-order valence-corrected chi connectivity index (χ0v) is 19.3. The summed E-state index contributed by atoms with van der Waals surface area (Å²) in [5.74, 6) is 0.801. The zero-order chi connectivity index (χ0) is 21.5. The summed E-state index contributed by atoms with van der Waals surface area (Å²) in [4.78, 5) is 20.8. The Morgan fingerprint density at radius 2 is 1.90 bits per heavy atom. The Bertz CT molecular complexity index is 970. The van der Waals surface area contributed by atoms with Gasteiger partial charge in [0.25, 0.3) is 5.91 Å². The van der Waals surface area contributed by atoms with Gasteiger partial charge in [-0.3, -0.25) is 9.69 Å². The maximum Gasteiger partial charge on any atom is 0.251 e. The van der Waals surface area contributed by atoms with E-state index in [1.807, 2.05) is 49.4 Å². The molecule has 0 bridgehead atoms. The molecule has 1 unspecified atom stereocenters. The number of morpholine rings is 1. The Labute approximate surface area is 191 Å². The molecule has 1 N–H and O–H groups in total. The lowest BCUT2D eigenvalue weighted by Crippen LogP contribution is -2.43. The number of thiazole rings is 1. The summed E-state index contributed by atoms with van der Waals surface area (Å²) in [7, 11) is 0. The average Bonchev–Trinajstić information content (AvgIpc) is 3.24. The first-order valence-electron chi connectivity index (χ1n) is 10.5. The molecular formula is C24H27N3O2S2. The molecule has 31 heavy (non-hydrogen) atoms. The van der Waals surface area contributed by atoms with E-state index in [-0.39, 0.29) is 11.9 Å². The number of ether oxygens (including phenoxy) is 1. The van der Waals surface area contributed by atoms with E-state index in [1.165, 1.54) is 5.56 Å². The fraction of sp³-hybridized carbons (Fsp3) is 0.333. The lowest BCUT2D eigenvalue weighted by atomic mass is 10.0. The van der Waals surface area contributed by atoms with Gasteiger partial charge in [-0.1, -0.05) is 30.3 Å². The van der Waals surface area contributed by atoms with E-state index < -0.39 is 0 Å². The lowest BCUT2D eigenvalue weighted by molar-refractivity contribution is 0.0162. The molecule has 1 aliphatic heterocycles. The predicted molar refractivity (Wildman–Crippen MR) is 127 cm³/mol. The van der Waals surface area contributed by atoms with Crippen LogP contribution >= 0.6 is 23.1 Å². The molecule has 1 aliphatic rings. The smallest absolute Gasteiger partial charge is 0.251 e. The number of aryl methyl sites for hydroxylation is 1. The van der Waals surface area contributed by atoms with Crippen LogP contribution in [0.3, 0.4) is 0 Å². The fourth-order valence-corrected chi connectivity index (χ4v) is 5.16. The Morgan fingerprint density at radius 1 is 1.16 bits per heavy atom. The number of aromatic nitrogens is 1. The zero-order valence-electron chi connectivity index (χ0n) is 17.6. The third kappa shape index (κ3) is 6.17. The highest BCUT2D eigenvalue weighted by atomic mass is 32.2. The van der Waals surface area contributed by atoms with Crippen molar-refractivity contribution in [2.75, 3.05) is 32.8 Å². The Kier molecular flexibility index (Phi) is 7.75. The number of thioether (sulfide) groups is 1. The summed E-state index contributed by atoms with van der Waals surface area (Å²) in [6, 6.07) is 18.3.